The topological polar surface area (TPSA) is 26.3 Å². The molecule has 0 amide bonds. The largest absolute Gasteiger partial charge is 0.465 e. The summed E-state index contributed by atoms with van der Waals surface area (Å²) in [6.07, 6.45) is 4.64. The maximum absolute atomic E-state index is 11.3. The van der Waals surface area contributed by atoms with Crippen LogP contribution in [0.15, 0.2) is 17.5 Å². The van der Waals surface area contributed by atoms with Crippen molar-refractivity contribution >= 4 is 35.0 Å². The van der Waals surface area contributed by atoms with Gasteiger partial charge >= 0.3 is 5.97 Å². The molecule has 0 aromatic carbocycles. The Labute approximate surface area is 92.2 Å². The van der Waals surface area contributed by atoms with E-state index in [1.54, 1.807) is 0 Å². The predicted octanol–water partition coefficient (Wildman–Crippen LogP) is 3.18. The van der Waals surface area contributed by atoms with Gasteiger partial charge in [0, 0.05) is 5.88 Å². The highest BCUT2D eigenvalue weighted by atomic mass is 35.5. The van der Waals surface area contributed by atoms with E-state index in [9.17, 15) is 4.79 Å². The molecular formula is C10H11ClO2S. The van der Waals surface area contributed by atoms with E-state index in [0.717, 1.165) is 12.0 Å². The molecule has 0 aliphatic carbocycles. The van der Waals surface area contributed by atoms with Crippen molar-refractivity contribution in [1.29, 1.82) is 0 Å². The third-order valence-electron chi connectivity index (χ3n) is 1.64. The van der Waals surface area contributed by atoms with Crippen molar-refractivity contribution in [2.75, 3.05) is 13.0 Å². The number of esters is 1. The molecule has 4 heteroatoms. The highest BCUT2D eigenvalue weighted by molar-refractivity contribution is 7.12. The number of hydrogen-bond donors (Lipinski definition) is 0. The van der Waals surface area contributed by atoms with E-state index >= 15 is 0 Å². The van der Waals surface area contributed by atoms with E-state index in [2.05, 4.69) is 4.74 Å². The Morgan fingerprint density at radius 2 is 2.50 bits per heavy atom. The van der Waals surface area contributed by atoms with Crippen LogP contribution in [0.5, 0.6) is 0 Å². The summed E-state index contributed by atoms with van der Waals surface area (Å²) in [5, 5.41) is 1.87. The molecular weight excluding hydrogens is 220 g/mol. The van der Waals surface area contributed by atoms with Gasteiger partial charge in [-0.05, 0) is 23.4 Å². The van der Waals surface area contributed by atoms with E-state index in [0.29, 0.717) is 10.8 Å². The smallest absolute Gasteiger partial charge is 0.348 e. The molecule has 0 aliphatic rings. The maximum atomic E-state index is 11.3. The van der Waals surface area contributed by atoms with E-state index < -0.39 is 0 Å². The van der Waals surface area contributed by atoms with Crippen molar-refractivity contribution in [1.82, 2.24) is 0 Å². The fraction of sp³-hybridized carbons (Fsp3) is 0.300. The van der Waals surface area contributed by atoms with Crippen molar-refractivity contribution in [3.8, 4) is 0 Å². The molecule has 0 unspecified atom stereocenters. The van der Waals surface area contributed by atoms with Gasteiger partial charge in [0.1, 0.15) is 4.88 Å². The lowest BCUT2D eigenvalue weighted by Crippen LogP contribution is -1.99. The van der Waals surface area contributed by atoms with Gasteiger partial charge in [-0.2, -0.15) is 0 Å². The Hall–Kier alpha value is -0.800. The van der Waals surface area contributed by atoms with Crippen molar-refractivity contribution in [2.45, 2.75) is 6.42 Å². The van der Waals surface area contributed by atoms with Crippen molar-refractivity contribution < 1.29 is 9.53 Å². The number of alkyl halides is 1. The van der Waals surface area contributed by atoms with Crippen LogP contribution in [0.25, 0.3) is 6.08 Å². The minimum atomic E-state index is -0.287. The Morgan fingerprint density at radius 3 is 3.14 bits per heavy atom. The molecule has 0 N–H and O–H groups in total. The van der Waals surface area contributed by atoms with Crippen LogP contribution in [-0.2, 0) is 4.74 Å². The van der Waals surface area contributed by atoms with Gasteiger partial charge in [0.2, 0.25) is 0 Å². The first-order chi connectivity index (χ1) is 6.79. The highest BCUT2D eigenvalue weighted by Crippen LogP contribution is 2.19. The lowest BCUT2D eigenvalue weighted by Gasteiger charge is -1.96. The number of carbonyl (C=O) groups excluding carboxylic acids is 1. The van der Waals surface area contributed by atoms with Crippen LogP contribution < -0.4 is 0 Å². The van der Waals surface area contributed by atoms with Gasteiger partial charge in [-0.15, -0.1) is 22.9 Å². The number of carbonyl (C=O) groups is 1. The molecule has 1 rings (SSSR count). The monoisotopic (exact) mass is 230 g/mol. The average Bonchev–Trinajstić information content (AvgIpc) is 2.65. The fourth-order valence-corrected chi connectivity index (χ4v) is 1.91. The Kier molecular flexibility index (Phi) is 4.70. The molecule has 2 nitrogen and oxygen atoms in total. The van der Waals surface area contributed by atoms with Crippen LogP contribution in [0, 0.1) is 0 Å². The normalized spacial score (nSPS) is 10.7. The third kappa shape index (κ3) is 2.86. The van der Waals surface area contributed by atoms with Gasteiger partial charge in [-0.3, -0.25) is 0 Å². The van der Waals surface area contributed by atoms with Gasteiger partial charge in [-0.1, -0.05) is 12.2 Å². The Morgan fingerprint density at radius 1 is 1.71 bits per heavy atom. The number of halogens is 1. The quantitative estimate of drug-likeness (QED) is 0.587. The minimum Gasteiger partial charge on any atom is -0.465 e. The first-order valence-corrected chi connectivity index (χ1v) is 5.59. The summed E-state index contributed by atoms with van der Waals surface area (Å²) in [7, 11) is 1.38. The van der Waals surface area contributed by atoms with E-state index in [1.807, 2.05) is 23.6 Å². The molecule has 0 aliphatic heterocycles. The van der Waals surface area contributed by atoms with Crippen molar-refractivity contribution in [3.63, 3.8) is 0 Å². The number of thiophene rings is 1. The molecule has 1 aromatic heterocycles. The number of hydrogen-bond acceptors (Lipinski definition) is 3. The molecule has 0 bridgehead atoms. The second kappa shape index (κ2) is 5.83. The average molecular weight is 231 g/mol. The van der Waals surface area contributed by atoms with Gasteiger partial charge in [0.25, 0.3) is 0 Å². The SMILES string of the molecule is COC(=O)c1sccc1C=CCCCl. The van der Waals surface area contributed by atoms with Gasteiger partial charge in [-0.25, -0.2) is 4.79 Å². The zero-order valence-corrected chi connectivity index (χ0v) is 9.40. The summed E-state index contributed by atoms with van der Waals surface area (Å²) in [6, 6.07) is 1.89. The summed E-state index contributed by atoms with van der Waals surface area (Å²) in [5.41, 5.74) is 0.895. The molecule has 0 saturated heterocycles. The van der Waals surface area contributed by atoms with Gasteiger partial charge < -0.3 is 4.74 Å². The Bertz CT molecular complexity index is 331. The molecule has 1 heterocycles. The summed E-state index contributed by atoms with van der Waals surface area (Å²) in [6.45, 7) is 0. The van der Waals surface area contributed by atoms with Crippen LogP contribution in [-0.4, -0.2) is 19.0 Å². The standard InChI is InChI=1S/C10H11ClO2S/c1-13-10(12)9-8(5-7-14-9)4-2-3-6-11/h2,4-5,7H,3,6H2,1H3. The van der Waals surface area contributed by atoms with E-state index in [1.165, 1.54) is 18.4 Å². The van der Waals surface area contributed by atoms with Crippen LogP contribution in [0.2, 0.25) is 0 Å². The molecule has 14 heavy (non-hydrogen) atoms. The molecule has 0 radical (unpaired) electrons. The number of ether oxygens (including phenoxy) is 1. The summed E-state index contributed by atoms with van der Waals surface area (Å²) < 4.78 is 4.65. The summed E-state index contributed by atoms with van der Waals surface area (Å²) in [5.74, 6) is 0.305. The number of methoxy groups -OCH3 is 1. The molecule has 1 aromatic rings. The van der Waals surface area contributed by atoms with Crippen LogP contribution >= 0.6 is 22.9 Å². The number of allylic oxidation sites excluding steroid dienone is 1. The van der Waals surface area contributed by atoms with Gasteiger partial charge in [0.05, 0.1) is 7.11 Å². The van der Waals surface area contributed by atoms with Crippen LogP contribution in [0.3, 0.4) is 0 Å². The summed E-state index contributed by atoms with van der Waals surface area (Å²) in [4.78, 5) is 11.9. The van der Waals surface area contributed by atoms with Crippen molar-refractivity contribution in [3.05, 3.63) is 28.0 Å². The maximum Gasteiger partial charge on any atom is 0.348 e. The van der Waals surface area contributed by atoms with Crippen LogP contribution in [0.1, 0.15) is 21.7 Å². The van der Waals surface area contributed by atoms with Crippen molar-refractivity contribution in [2.24, 2.45) is 0 Å². The predicted molar refractivity (Wildman–Crippen MR) is 60.0 cm³/mol. The minimum absolute atomic E-state index is 0.287. The molecule has 0 saturated carbocycles. The first kappa shape index (κ1) is 11.3. The lowest BCUT2D eigenvalue weighted by molar-refractivity contribution is 0.0606. The van der Waals surface area contributed by atoms with E-state index in [4.69, 9.17) is 11.6 Å². The Balaban J connectivity index is 2.77. The molecule has 0 spiro atoms. The summed E-state index contributed by atoms with van der Waals surface area (Å²) >= 11 is 6.91. The highest BCUT2D eigenvalue weighted by Gasteiger charge is 2.10. The zero-order valence-electron chi connectivity index (χ0n) is 7.83. The van der Waals surface area contributed by atoms with Gasteiger partial charge in [0.15, 0.2) is 0 Å². The molecule has 0 fully saturated rings. The second-order valence-corrected chi connectivity index (χ2v) is 3.87. The third-order valence-corrected chi connectivity index (χ3v) is 2.77. The zero-order chi connectivity index (χ0) is 10.4. The van der Waals surface area contributed by atoms with E-state index in [-0.39, 0.29) is 5.97 Å². The molecule has 0 atom stereocenters. The van der Waals surface area contributed by atoms with Crippen LogP contribution in [0.4, 0.5) is 0 Å². The first-order valence-electron chi connectivity index (χ1n) is 4.18. The molecule has 76 valence electrons. The number of rotatable bonds is 4. The lowest BCUT2D eigenvalue weighted by atomic mass is 10.2. The fourth-order valence-electron chi connectivity index (χ4n) is 0.982. The second-order valence-electron chi connectivity index (χ2n) is 2.58.